The molecule has 0 spiro atoms. The highest BCUT2D eigenvalue weighted by atomic mass is 32.1. The molecule has 28 heavy (non-hydrogen) atoms. The maximum atomic E-state index is 13.2. The number of anilines is 1. The third-order valence-corrected chi connectivity index (χ3v) is 6.34. The molecule has 0 bridgehead atoms. The van der Waals surface area contributed by atoms with Crippen LogP contribution in [0.15, 0.2) is 30.3 Å². The second-order valence-corrected chi connectivity index (χ2v) is 9.48. The van der Waals surface area contributed by atoms with E-state index >= 15 is 0 Å². The lowest BCUT2D eigenvalue weighted by molar-refractivity contribution is -0.123. The Morgan fingerprint density at radius 1 is 1.21 bits per heavy atom. The summed E-state index contributed by atoms with van der Waals surface area (Å²) in [6.45, 7) is 8.86. The molecule has 0 radical (unpaired) electrons. The fraction of sp³-hybridized carbons (Fsp3) is 0.364. The quantitative estimate of drug-likeness (QED) is 0.659. The van der Waals surface area contributed by atoms with Gasteiger partial charge in [-0.05, 0) is 24.6 Å². The molecule has 0 saturated heterocycles. The zero-order chi connectivity index (χ0) is 20.1. The number of nitrogens with one attached hydrogen (secondary N) is 2. The minimum absolute atomic E-state index is 0.0367. The van der Waals surface area contributed by atoms with Crippen molar-refractivity contribution in [2.45, 2.75) is 40.7 Å². The normalized spacial score (nSPS) is 14.2. The molecule has 5 nitrogen and oxygen atoms in total. The Kier molecular flexibility index (Phi) is 4.54. The third-order valence-electron chi connectivity index (χ3n) is 5.20. The van der Waals surface area contributed by atoms with Gasteiger partial charge in [-0.2, -0.15) is 0 Å². The highest BCUT2D eigenvalue weighted by Gasteiger charge is 2.28. The molecule has 6 heteroatoms. The number of aryl methyl sites for hydroxylation is 1. The molecular weight excluding hydrogens is 370 g/mol. The van der Waals surface area contributed by atoms with E-state index < -0.39 is 5.41 Å². The van der Waals surface area contributed by atoms with Crippen LogP contribution in [-0.2, 0) is 17.8 Å². The Morgan fingerprint density at radius 3 is 2.71 bits per heavy atom. The van der Waals surface area contributed by atoms with E-state index in [1.165, 1.54) is 28.0 Å². The number of aromatic nitrogens is 1. The van der Waals surface area contributed by atoms with E-state index in [4.69, 9.17) is 0 Å². The van der Waals surface area contributed by atoms with Crippen molar-refractivity contribution in [2.24, 2.45) is 5.41 Å². The fourth-order valence-electron chi connectivity index (χ4n) is 3.54. The number of amides is 2. The van der Waals surface area contributed by atoms with E-state index in [2.05, 4.69) is 22.4 Å². The second-order valence-electron chi connectivity index (χ2n) is 8.43. The monoisotopic (exact) mass is 395 g/mol. The lowest BCUT2D eigenvalue weighted by Gasteiger charge is -2.27. The van der Waals surface area contributed by atoms with E-state index in [9.17, 15) is 9.59 Å². The van der Waals surface area contributed by atoms with Crippen molar-refractivity contribution in [1.82, 2.24) is 9.88 Å². The largest absolute Gasteiger partial charge is 0.358 e. The number of benzene rings is 1. The first-order valence-electron chi connectivity index (χ1n) is 9.53. The average molecular weight is 396 g/mol. The molecule has 4 rings (SSSR count). The Hall–Kier alpha value is -2.60. The first-order chi connectivity index (χ1) is 13.2. The average Bonchev–Trinajstić information content (AvgIpc) is 3.19. The van der Waals surface area contributed by atoms with Gasteiger partial charge in [0.05, 0.1) is 9.88 Å². The fourth-order valence-corrected chi connectivity index (χ4v) is 4.57. The lowest BCUT2D eigenvalue weighted by Crippen LogP contribution is -2.35. The van der Waals surface area contributed by atoms with E-state index in [0.717, 1.165) is 22.5 Å². The van der Waals surface area contributed by atoms with Crippen molar-refractivity contribution in [1.29, 1.82) is 0 Å². The number of fused-ring (bicyclic) bond motifs is 3. The zero-order valence-corrected chi connectivity index (χ0v) is 17.5. The van der Waals surface area contributed by atoms with Crippen molar-refractivity contribution < 1.29 is 9.59 Å². The molecule has 0 fully saturated rings. The van der Waals surface area contributed by atoms with Crippen LogP contribution in [0.1, 0.15) is 47.3 Å². The highest BCUT2D eigenvalue weighted by molar-refractivity contribution is 7.18. The molecule has 0 atom stereocenters. The van der Waals surface area contributed by atoms with Gasteiger partial charge in [-0.25, -0.2) is 0 Å². The standard InChI is InChI=1S/C22H25N3O2S/c1-13-11-18(24-21(27)22(2,3)4)28-19(13)20(26)25-10-9-17-15(12-25)14-7-5-6-8-16(14)23-17/h5-8,11,23H,9-10,12H2,1-4H3,(H,24,27). The van der Waals surface area contributed by atoms with Crippen molar-refractivity contribution in [2.75, 3.05) is 11.9 Å². The summed E-state index contributed by atoms with van der Waals surface area (Å²) in [5.41, 5.74) is 4.00. The molecule has 3 heterocycles. The van der Waals surface area contributed by atoms with Gasteiger partial charge in [0.2, 0.25) is 5.91 Å². The number of carbonyl (C=O) groups is 2. The molecule has 2 N–H and O–H groups in total. The summed E-state index contributed by atoms with van der Waals surface area (Å²) < 4.78 is 0. The number of rotatable bonds is 2. The summed E-state index contributed by atoms with van der Waals surface area (Å²) in [6.07, 6.45) is 0.827. The summed E-state index contributed by atoms with van der Waals surface area (Å²) in [5, 5.41) is 4.86. The molecule has 1 aromatic carbocycles. The van der Waals surface area contributed by atoms with Crippen LogP contribution in [0.3, 0.4) is 0 Å². The maximum absolute atomic E-state index is 13.2. The van der Waals surface area contributed by atoms with Gasteiger partial charge in [0.25, 0.3) is 5.91 Å². The molecule has 0 aliphatic carbocycles. The molecule has 2 amide bonds. The van der Waals surface area contributed by atoms with Gasteiger partial charge < -0.3 is 15.2 Å². The van der Waals surface area contributed by atoms with Crippen LogP contribution in [0.2, 0.25) is 0 Å². The molecule has 146 valence electrons. The van der Waals surface area contributed by atoms with Gasteiger partial charge in [-0.1, -0.05) is 39.0 Å². The van der Waals surface area contributed by atoms with Crippen LogP contribution in [0.5, 0.6) is 0 Å². The molecule has 1 aliphatic heterocycles. The number of H-pyrrole nitrogens is 1. The van der Waals surface area contributed by atoms with Crippen molar-refractivity contribution >= 4 is 39.1 Å². The molecule has 0 unspecified atom stereocenters. The van der Waals surface area contributed by atoms with Gasteiger partial charge in [-0.3, -0.25) is 9.59 Å². The molecule has 2 aromatic heterocycles. The number of thiophene rings is 1. The third kappa shape index (κ3) is 3.33. The maximum Gasteiger partial charge on any atom is 0.264 e. The van der Waals surface area contributed by atoms with Crippen molar-refractivity contribution in [3.63, 3.8) is 0 Å². The molecule has 0 saturated carbocycles. The smallest absolute Gasteiger partial charge is 0.264 e. The number of nitrogens with zero attached hydrogens (tertiary/aromatic N) is 1. The summed E-state index contributed by atoms with van der Waals surface area (Å²) in [5.74, 6) is -0.0103. The lowest BCUT2D eigenvalue weighted by atomic mass is 9.96. The predicted molar refractivity (Wildman–Crippen MR) is 114 cm³/mol. The zero-order valence-electron chi connectivity index (χ0n) is 16.7. The van der Waals surface area contributed by atoms with E-state index in [1.807, 2.05) is 50.8 Å². The van der Waals surface area contributed by atoms with Crippen LogP contribution in [0, 0.1) is 12.3 Å². The highest BCUT2D eigenvalue weighted by Crippen LogP contribution is 2.32. The van der Waals surface area contributed by atoms with E-state index in [0.29, 0.717) is 18.0 Å². The Balaban J connectivity index is 1.56. The van der Waals surface area contributed by atoms with Gasteiger partial charge in [0, 0.05) is 47.1 Å². The Morgan fingerprint density at radius 2 is 1.96 bits per heavy atom. The minimum atomic E-state index is -0.472. The van der Waals surface area contributed by atoms with E-state index in [1.54, 1.807) is 0 Å². The van der Waals surface area contributed by atoms with Crippen LogP contribution < -0.4 is 5.32 Å². The first-order valence-corrected chi connectivity index (χ1v) is 10.4. The number of hydrogen-bond donors (Lipinski definition) is 2. The predicted octanol–water partition coefficient (Wildman–Crippen LogP) is 4.72. The van der Waals surface area contributed by atoms with Crippen LogP contribution >= 0.6 is 11.3 Å². The summed E-state index contributed by atoms with van der Waals surface area (Å²) in [4.78, 5) is 31.6. The van der Waals surface area contributed by atoms with Gasteiger partial charge in [0.15, 0.2) is 0 Å². The van der Waals surface area contributed by atoms with Gasteiger partial charge in [-0.15, -0.1) is 11.3 Å². The topological polar surface area (TPSA) is 65.2 Å². The summed E-state index contributed by atoms with van der Waals surface area (Å²) >= 11 is 1.36. The van der Waals surface area contributed by atoms with Crippen LogP contribution in [0.25, 0.3) is 10.9 Å². The summed E-state index contributed by atoms with van der Waals surface area (Å²) in [7, 11) is 0. The van der Waals surface area contributed by atoms with Crippen molar-refractivity contribution in [3.05, 3.63) is 52.0 Å². The minimum Gasteiger partial charge on any atom is -0.358 e. The Labute approximate surface area is 168 Å². The number of aromatic amines is 1. The SMILES string of the molecule is Cc1cc(NC(=O)C(C)(C)C)sc1C(=O)N1CCc2[nH]c3ccccc3c2C1. The number of para-hydroxylation sites is 1. The molecule has 3 aromatic rings. The number of hydrogen-bond acceptors (Lipinski definition) is 3. The number of carbonyl (C=O) groups excluding carboxylic acids is 2. The van der Waals surface area contributed by atoms with Crippen LogP contribution in [-0.4, -0.2) is 28.2 Å². The summed E-state index contributed by atoms with van der Waals surface area (Å²) in [6, 6.07) is 10.1. The van der Waals surface area contributed by atoms with Gasteiger partial charge >= 0.3 is 0 Å². The van der Waals surface area contributed by atoms with E-state index in [-0.39, 0.29) is 11.8 Å². The molecule has 1 aliphatic rings. The molecular formula is C22H25N3O2S. The van der Waals surface area contributed by atoms with Crippen molar-refractivity contribution in [3.8, 4) is 0 Å². The first kappa shape index (κ1) is 18.7. The Bertz CT molecular complexity index is 1070. The van der Waals surface area contributed by atoms with Crippen LogP contribution in [0.4, 0.5) is 5.00 Å². The van der Waals surface area contributed by atoms with Gasteiger partial charge in [0.1, 0.15) is 0 Å². The second kappa shape index (κ2) is 6.78.